The summed E-state index contributed by atoms with van der Waals surface area (Å²) in [6.07, 6.45) is -4.25. The fourth-order valence-corrected chi connectivity index (χ4v) is 2.95. The van der Waals surface area contributed by atoms with E-state index >= 15 is 0 Å². The minimum atomic E-state index is -1.23. The number of nitrogens with zero attached hydrogens (tertiary/aromatic N) is 4. The largest absolute Gasteiger partial charge is 0.394 e. The van der Waals surface area contributed by atoms with Crippen LogP contribution in [0.4, 0.5) is 5.82 Å². The van der Waals surface area contributed by atoms with E-state index in [1.165, 1.54) is 4.57 Å². The SMILES string of the molecule is Cc1nc(N)c2nc(Br)n([C@@H]3O[C@H](CO)C(O)C3O)c2n1. The highest BCUT2D eigenvalue weighted by molar-refractivity contribution is 9.10. The molecule has 3 rings (SSSR count). The van der Waals surface area contributed by atoms with Gasteiger partial charge >= 0.3 is 0 Å². The highest BCUT2D eigenvalue weighted by Crippen LogP contribution is 2.35. The van der Waals surface area contributed by atoms with Gasteiger partial charge in [0.05, 0.1) is 6.61 Å². The molecule has 1 saturated heterocycles. The number of nitrogens with two attached hydrogens (primary N) is 1. The van der Waals surface area contributed by atoms with Gasteiger partial charge in [0.25, 0.3) is 0 Å². The Morgan fingerprint density at radius 2 is 2.00 bits per heavy atom. The van der Waals surface area contributed by atoms with Gasteiger partial charge in [0.2, 0.25) is 0 Å². The number of anilines is 1. The lowest BCUT2D eigenvalue weighted by Crippen LogP contribution is -2.33. The Morgan fingerprint density at radius 1 is 1.29 bits per heavy atom. The summed E-state index contributed by atoms with van der Waals surface area (Å²) in [6.45, 7) is 1.27. The molecule has 0 aliphatic carbocycles. The van der Waals surface area contributed by atoms with Gasteiger partial charge < -0.3 is 25.8 Å². The fourth-order valence-electron chi connectivity index (χ4n) is 2.40. The molecular formula is C11H14BrN5O4. The van der Waals surface area contributed by atoms with Gasteiger partial charge in [0.15, 0.2) is 27.9 Å². The van der Waals surface area contributed by atoms with Crippen LogP contribution in [0.2, 0.25) is 0 Å². The Kier molecular flexibility index (Phi) is 3.58. The minimum Gasteiger partial charge on any atom is -0.394 e. The predicted octanol–water partition coefficient (Wildman–Crippen LogP) is -0.909. The van der Waals surface area contributed by atoms with Gasteiger partial charge in [-0.25, -0.2) is 15.0 Å². The van der Waals surface area contributed by atoms with E-state index in [0.717, 1.165) is 0 Å². The van der Waals surface area contributed by atoms with Crippen LogP contribution in [0.25, 0.3) is 11.2 Å². The maximum Gasteiger partial charge on any atom is 0.181 e. The van der Waals surface area contributed by atoms with Crippen LogP contribution in [-0.2, 0) is 4.74 Å². The molecule has 0 aromatic carbocycles. The predicted molar refractivity (Wildman–Crippen MR) is 75.2 cm³/mol. The van der Waals surface area contributed by atoms with E-state index in [-0.39, 0.29) is 5.82 Å². The molecule has 3 heterocycles. The highest BCUT2D eigenvalue weighted by Gasteiger charge is 2.44. The van der Waals surface area contributed by atoms with Crippen molar-refractivity contribution in [3.05, 3.63) is 10.6 Å². The van der Waals surface area contributed by atoms with Crippen molar-refractivity contribution in [2.45, 2.75) is 31.5 Å². The average molecular weight is 360 g/mol. The number of rotatable bonds is 2. The van der Waals surface area contributed by atoms with Crippen molar-refractivity contribution in [2.75, 3.05) is 12.3 Å². The number of aromatic nitrogens is 4. The molecule has 1 aliphatic heterocycles. The summed E-state index contributed by atoms with van der Waals surface area (Å²) >= 11 is 3.26. The van der Waals surface area contributed by atoms with E-state index in [0.29, 0.717) is 21.7 Å². The molecule has 2 aromatic rings. The molecule has 2 aromatic heterocycles. The van der Waals surface area contributed by atoms with Crippen molar-refractivity contribution in [1.82, 2.24) is 19.5 Å². The lowest BCUT2D eigenvalue weighted by molar-refractivity contribution is -0.0521. The quantitative estimate of drug-likeness (QED) is 0.505. The first-order chi connectivity index (χ1) is 9.93. The lowest BCUT2D eigenvalue weighted by atomic mass is 10.1. The molecule has 10 heteroatoms. The zero-order valence-electron chi connectivity index (χ0n) is 11.0. The maximum absolute atomic E-state index is 10.1. The third-order valence-electron chi connectivity index (χ3n) is 3.41. The summed E-state index contributed by atoms with van der Waals surface area (Å²) in [4.78, 5) is 12.5. The molecule has 0 amide bonds. The van der Waals surface area contributed by atoms with Crippen LogP contribution in [-0.4, -0.2) is 59.8 Å². The van der Waals surface area contributed by atoms with Crippen molar-refractivity contribution in [3.8, 4) is 0 Å². The molecule has 114 valence electrons. The van der Waals surface area contributed by atoms with Crippen LogP contribution in [0.5, 0.6) is 0 Å². The first kappa shape index (κ1) is 14.6. The van der Waals surface area contributed by atoms with E-state index < -0.39 is 31.1 Å². The van der Waals surface area contributed by atoms with Crippen molar-refractivity contribution in [1.29, 1.82) is 0 Å². The number of aryl methyl sites for hydroxylation is 1. The highest BCUT2D eigenvalue weighted by atomic mass is 79.9. The molecule has 9 nitrogen and oxygen atoms in total. The second kappa shape index (κ2) is 5.14. The van der Waals surface area contributed by atoms with Crippen LogP contribution in [0, 0.1) is 6.92 Å². The van der Waals surface area contributed by atoms with Crippen molar-refractivity contribution in [2.24, 2.45) is 0 Å². The summed E-state index contributed by atoms with van der Waals surface area (Å²) < 4.78 is 7.30. The van der Waals surface area contributed by atoms with Crippen LogP contribution in [0.15, 0.2) is 4.73 Å². The van der Waals surface area contributed by atoms with Gasteiger partial charge in [-0.1, -0.05) is 0 Å². The van der Waals surface area contributed by atoms with E-state index in [4.69, 9.17) is 15.6 Å². The van der Waals surface area contributed by atoms with Gasteiger partial charge in [0, 0.05) is 0 Å². The molecule has 0 saturated carbocycles. The van der Waals surface area contributed by atoms with Gasteiger partial charge in [-0.3, -0.25) is 4.57 Å². The monoisotopic (exact) mass is 359 g/mol. The first-order valence-electron chi connectivity index (χ1n) is 6.24. The van der Waals surface area contributed by atoms with Crippen LogP contribution in [0.3, 0.4) is 0 Å². The molecule has 1 fully saturated rings. The Hall–Kier alpha value is -1.33. The minimum absolute atomic E-state index is 0.212. The topological polar surface area (TPSA) is 140 Å². The molecule has 1 aliphatic rings. The van der Waals surface area contributed by atoms with E-state index in [1.54, 1.807) is 6.92 Å². The average Bonchev–Trinajstić information content (AvgIpc) is 2.89. The second-order valence-electron chi connectivity index (χ2n) is 4.81. The number of hydrogen-bond acceptors (Lipinski definition) is 8. The lowest BCUT2D eigenvalue weighted by Gasteiger charge is -2.17. The van der Waals surface area contributed by atoms with Crippen molar-refractivity contribution < 1.29 is 20.1 Å². The van der Waals surface area contributed by atoms with Gasteiger partial charge in [-0.15, -0.1) is 0 Å². The second-order valence-corrected chi connectivity index (χ2v) is 5.52. The summed E-state index contributed by atoms with van der Waals surface area (Å²) in [5, 5.41) is 29.1. The zero-order valence-corrected chi connectivity index (χ0v) is 12.6. The number of halogens is 1. The molecule has 21 heavy (non-hydrogen) atoms. The third kappa shape index (κ3) is 2.19. The first-order valence-corrected chi connectivity index (χ1v) is 7.03. The normalized spacial score (nSPS) is 29.4. The summed E-state index contributed by atoms with van der Waals surface area (Å²) in [7, 11) is 0. The van der Waals surface area contributed by atoms with Crippen molar-refractivity contribution in [3.63, 3.8) is 0 Å². The number of fused-ring (bicyclic) bond motifs is 1. The fraction of sp³-hybridized carbons (Fsp3) is 0.545. The molecule has 0 spiro atoms. The Morgan fingerprint density at radius 3 is 2.62 bits per heavy atom. The Balaban J connectivity index is 2.15. The number of imidazole rings is 1. The van der Waals surface area contributed by atoms with Gasteiger partial charge in [-0.2, -0.15) is 0 Å². The van der Waals surface area contributed by atoms with Crippen molar-refractivity contribution >= 4 is 32.9 Å². The third-order valence-corrected chi connectivity index (χ3v) is 3.97. The molecule has 2 unspecified atom stereocenters. The number of aliphatic hydroxyl groups excluding tert-OH is 3. The summed E-state index contributed by atoms with van der Waals surface area (Å²) in [5.74, 6) is 0.657. The van der Waals surface area contributed by atoms with Crippen LogP contribution >= 0.6 is 15.9 Å². The molecule has 4 atom stereocenters. The van der Waals surface area contributed by atoms with Crippen LogP contribution < -0.4 is 5.73 Å². The zero-order chi connectivity index (χ0) is 15.3. The Bertz CT molecular complexity index is 693. The Labute approximate surface area is 127 Å². The smallest absolute Gasteiger partial charge is 0.181 e. The molecule has 5 N–H and O–H groups in total. The van der Waals surface area contributed by atoms with Gasteiger partial charge in [-0.05, 0) is 22.9 Å². The number of hydrogen-bond donors (Lipinski definition) is 4. The number of ether oxygens (including phenoxy) is 1. The number of aliphatic hydroxyl groups is 3. The summed E-state index contributed by atoms with van der Waals surface area (Å²) in [5.41, 5.74) is 6.56. The van der Waals surface area contributed by atoms with E-state index in [2.05, 4.69) is 30.9 Å². The molecule has 0 bridgehead atoms. The standard InChI is InChI=1S/C11H14BrN5O4/c1-3-14-8(13)5-9(15-3)17(11(12)16-5)10-7(20)6(19)4(2-18)21-10/h4,6-7,10,18-20H,2H2,1H3,(H2,13,14,15)/t4-,6?,7?,10-/m1/s1. The van der Waals surface area contributed by atoms with Gasteiger partial charge in [0.1, 0.15) is 24.1 Å². The molecule has 0 radical (unpaired) electrons. The van der Waals surface area contributed by atoms with E-state index in [9.17, 15) is 10.2 Å². The summed E-state index contributed by atoms with van der Waals surface area (Å²) in [6, 6.07) is 0. The van der Waals surface area contributed by atoms with E-state index in [1.807, 2.05) is 0 Å². The molecular weight excluding hydrogens is 346 g/mol. The maximum atomic E-state index is 10.1. The van der Waals surface area contributed by atoms with Crippen LogP contribution in [0.1, 0.15) is 12.1 Å². The number of nitrogen functional groups attached to an aromatic ring is 1.